The summed E-state index contributed by atoms with van der Waals surface area (Å²) in [5.74, 6) is 2.02. The van der Waals surface area contributed by atoms with Crippen molar-refractivity contribution in [3.05, 3.63) is 46.8 Å². The molecule has 3 aliphatic heterocycles. The van der Waals surface area contributed by atoms with Gasteiger partial charge >= 0.3 is 0 Å². The van der Waals surface area contributed by atoms with Crippen LogP contribution in [-0.2, 0) is 31.2 Å². The zero-order valence-electron chi connectivity index (χ0n) is 21.8. The van der Waals surface area contributed by atoms with E-state index in [4.69, 9.17) is 5.10 Å². The summed E-state index contributed by atoms with van der Waals surface area (Å²) < 4.78 is 32.7. The minimum atomic E-state index is -2.62. The monoisotopic (exact) mass is 521 g/mol. The molecule has 3 aromatic rings. The third-order valence-corrected chi connectivity index (χ3v) is 9.03. The van der Waals surface area contributed by atoms with E-state index in [0.717, 1.165) is 55.0 Å². The van der Waals surface area contributed by atoms with Gasteiger partial charge in [-0.1, -0.05) is 0 Å². The summed E-state index contributed by atoms with van der Waals surface area (Å²) in [7, 11) is 1.79. The van der Waals surface area contributed by atoms with Crippen molar-refractivity contribution in [1.82, 2.24) is 29.8 Å². The van der Waals surface area contributed by atoms with Gasteiger partial charge in [0, 0.05) is 80.8 Å². The van der Waals surface area contributed by atoms with Gasteiger partial charge < -0.3 is 15.1 Å². The van der Waals surface area contributed by atoms with Gasteiger partial charge in [-0.25, -0.2) is 8.78 Å². The van der Waals surface area contributed by atoms with Gasteiger partial charge in [0.15, 0.2) is 5.82 Å². The summed E-state index contributed by atoms with van der Waals surface area (Å²) in [6.45, 7) is 5.53. The number of amides is 1. The second-order valence-electron chi connectivity index (χ2n) is 11.3. The van der Waals surface area contributed by atoms with Crippen molar-refractivity contribution in [2.45, 2.75) is 51.6 Å². The van der Waals surface area contributed by atoms with Gasteiger partial charge in [-0.2, -0.15) is 10.2 Å². The van der Waals surface area contributed by atoms with Gasteiger partial charge in [-0.15, -0.1) is 0 Å². The van der Waals surface area contributed by atoms with Gasteiger partial charge in [0.2, 0.25) is 5.91 Å². The highest BCUT2D eigenvalue weighted by Gasteiger charge is 2.47. The number of nitrogens with zero attached hydrogens (tertiary/aromatic N) is 6. The first kappa shape index (κ1) is 23.8. The normalized spacial score (nSPS) is 24.3. The second-order valence-corrected chi connectivity index (χ2v) is 11.3. The Morgan fingerprint density at radius 1 is 1.13 bits per heavy atom. The van der Waals surface area contributed by atoms with Crippen LogP contribution in [0.15, 0.2) is 24.4 Å². The van der Waals surface area contributed by atoms with Crippen LogP contribution < -0.4 is 10.2 Å². The van der Waals surface area contributed by atoms with Crippen LogP contribution in [0.1, 0.15) is 54.6 Å². The van der Waals surface area contributed by atoms with Crippen LogP contribution in [-0.4, -0.2) is 56.5 Å². The third kappa shape index (κ3) is 3.67. The number of benzene rings is 1. The van der Waals surface area contributed by atoms with E-state index in [1.165, 1.54) is 12.1 Å². The Balaban J connectivity index is 1.35. The summed E-state index contributed by atoms with van der Waals surface area (Å²) in [4.78, 5) is 16.4. The molecule has 0 spiro atoms. The molecule has 5 heterocycles. The lowest BCUT2D eigenvalue weighted by Crippen LogP contribution is -2.54. The van der Waals surface area contributed by atoms with Crippen LogP contribution in [0.4, 0.5) is 20.3 Å². The highest BCUT2D eigenvalue weighted by atomic mass is 19.3. The highest BCUT2D eigenvalue weighted by molar-refractivity contribution is 5.77. The molecule has 1 saturated carbocycles. The predicted octanol–water partition coefficient (Wildman–Crippen LogP) is 3.99. The van der Waals surface area contributed by atoms with Crippen molar-refractivity contribution in [2.24, 2.45) is 18.9 Å². The van der Waals surface area contributed by atoms with Crippen molar-refractivity contribution in [3.63, 3.8) is 0 Å². The molecule has 1 amide bonds. The van der Waals surface area contributed by atoms with E-state index in [9.17, 15) is 13.6 Å². The Morgan fingerprint density at radius 2 is 1.95 bits per heavy atom. The number of hydrogen-bond acceptors (Lipinski definition) is 5. The number of hydrogen-bond donors (Lipinski definition) is 1. The molecular weight excluding hydrogens is 488 g/mol. The van der Waals surface area contributed by atoms with Crippen LogP contribution >= 0.6 is 0 Å². The molecule has 8 nitrogen and oxygen atoms in total. The van der Waals surface area contributed by atoms with E-state index in [1.807, 2.05) is 11.0 Å². The van der Waals surface area contributed by atoms with Crippen LogP contribution in [0.25, 0.3) is 11.3 Å². The maximum absolute atomic E-state index is 14.4. The molecule has 4 aliphatic rings. The topological polar surface area (TPSA) is 71.2 Å². The number of aromatic nitrogens is 4. The van der Waals surface area contributed by atoms with Gasteiger partial charge in [0.25, 0.3) is 6.43 Å². The van der Waals surface area contributed by atoms with Crippen LogP contribution in [0.2, 0.25) is 0 Å². The first-order valence-corrected chi connectivity index (χ1v) is 13.7. The number of aryl methyl sites for hydroxylation is 2. The minimum absolute atomic E-state index is 0.00684. The zero-order chi connectivity index (χ0) is 26.1. The van der Waals surface area contributed by atoms with Crippen molar-refractivity contribution < 1.29 is 13.6 Å². The third-order valence-electron chi connectivity index (χ3n) is 9.03. The van der Waals surface area contributed by atoms with E-state index < -0.39 is 6.43 Å². The van der Waals surface area contributed by atoms with Crippen molar-refractivity contribution in [1.29, 1.82) is 0 Å². The lowest BCUT2D eigenvalue weighted by Gasteiger charge is -2.50. The number of nitrogens with one attached hydrogen (secondary N) is 1. The summed E-state index contributed by atoms with van der Waals surface area (Å²) in [6.07, 6.45) is 2.87. The van der Waals surface area contributed by atoms with Gasteiger partial charge in [-0.3, -0.25) is 14.2 Å². The first-order valence-electron chi connectivity index (χ1n) is 13.7. The van der Waals surface area contributed by atoms with E-state index >= 15 is 0 Å². The number of carbonyl (C=O) groups excluding carboxylic acids is 1. The average molecular weight is 522 g/mol. The molecule has 7 rings (SSSR count). The van der Waals surface area contributed by atoms with E-state index in [2.05, 4.69) is 20.0 Å². The Bertz CT molecular complexity index is 1400. The quantitative estimate of drug-likeness (QED) is 0.562. The molecule has 200 valence electrons. The first-order chi connectivity index (χ1) is 18.4. The van der Waals surface area contributed by atoms with Crippen LogP contribution in [0.5, 0.6) is 0 Å². The fourth-order valence-corrected chi connectivity index (χ4v) is 7.11. The number of fused-ring (bicyclic) bond motifs is 4. The second kappa shape index (κ2) is 8.90. The largest absolute Gasteiger partial charge is 0.338 e. The Kier molecular flexibility index (Phi) is 5.58. The number of anilines is 2. The fourth-order valence-electron chi connectivity index (χ4n) is 7.11. The maximum atomic E-state index is 14.4. The lowest BCUT2D eigenvalue weighted by atomic mass is 9.67. The fraction of sp³-hybridized carbons (Fsp3) is 0.536. The SMILES string of the molecule is CC(=O)N1CCc2c(c(N3CCCc4cc(-c5ccn(C)n5)c(C(F)F)cc43)nn2C2[C@@H]3CNC[C@H]2C3)C1. The molecule has 1 aromatic carbocycles. The number of halogens is 2. The molecule has 1 saturated heterocycles. The van der Waals surface area contributed by atoms with Crippen molar-refractivity contribution >= 4 is 17.4 Å². The maximum Gasteiger partial charge on any atom is 0.264 e. The Morgan fingerprint density at radius 3 is 2.63 bits per heavy atom. The molecule has 38 heavy (non-hydrogen) atoms. The highest BCUT2D eigenvalue weighted by Crippen LogP contribution is 2.49. The summed E-state index contributed by atoms with van der Waals surface area (Å²) in [5, 5.41) is 13.2. The molecule has 2 aromatic heterocycles. The van der Waals surface area contributed by atoms with Gasteiger partial charge in [0.1, 0.15) is 0 Å². The van der Waals surface area contributed by atoms with Crippen molar-refractivity contribution in [3.8, 4) is 11.3 Å². The van der Waals surface area contributed by atoms with E-state index in [-0.39, 0.29) is 11.5 Å². The average Bonchev–Trinajstić information content (AvgIpc) is 3.51. The summed E-state index contributed by atoms with van der Waals surface area (Å²) >= 11 is 0. The van der Waals surface area contributed by atoms with Gasteiger partial charge in [0.05, 0.1) is 18.3 Å². The number of alkyl halides is 2. The zero-order valence-corrected chi connectivity index (χ0v) is 21.8. The molecule has 1 N–H and O–H groups in total. The molecule has 2 fully saturated rings. The molecule has 10 heteroatoms. The predicted molar refractivity (Wildman–Crippen MR) is 139 cm³/mol. The summed E-state index contributed by atoms with van der Waals surface area (Å²) in [5.41, 5.74) is 5.17. The minimum Gasteiger partial charge on any atom is -0.338 e. The molecule has 0 radical (unpaired) electrons. The van der Waals surface area contributed by atoms with Gasteiger partial charge in [-0.05, 0) is 54.9 Å². The molecule has 2 bridgehead atoms. The van der Waals surface area contributed by atoms with E-state index in [0.29, 0.717) is 48.8 Å². The number of piperidine rings is 2. The number of rotatable bonds is 4. The molecular formula is C28H33F2N7O. The number of carbonyl (C=O) groups is 1. The standard InChI is InChI=1S/C28H33F2N7O/c1-16(38)35-9-6-24-22(15-35)28(33-37(24)26-18-10-19(26)14-31-13-18)36-7-3-4-17-11-20(23-5-8-34(2)32-23)21(27(29)30)12-25(17)36/h5,8,11-12,18-19,26-27,31H,3-4,6-7,9-10,13-15H2,1-2H3/t18-,19+,26?. The van der Waals surface area contributed by atoms with Crippen molar-refractivity contribution in [2.75, 3.05) is 31.1 Å². The lowest BCUT2D eigenvalue weighted by molar-refractivity contribution is -0.129. The summed E-state index contributed by atoms with van der Waals surface area (Å²) in [6, 6.07) is 5.71. The van der Waals surface area contributed by atoms with Crippen LogP contribution in [0.3, 0.4) is 0 Å². The molecule has 1 unspecified atom stereocenters. The molecule has 3 atom stereocenters. The molecule has 1 aliphatic carbocycles. The van der Waals surface area contributed by atoms with Crippen LogP contribution in [0, 0.1) is 11.8 Å². The Labute approximate surface area is 220 Å². The smallest absolute Gasteiger partial charge is 0.264 e. The Hall–Kier alpha value is -3.27. The van der Waals surface area contributed by atoms with E-state index in [1.54, 1.807) is 37.0 Å².